The molecule has 2 aromatic rings. The normalized spacial score (nSPS) is 14.2. The van der Waals surface area contributed by atoms with Gasteiger partial charge in [-0.25, -0.2) is 0 Å². The van der Waals surface area contributed by atoms with Gasteiger partial charge < -0.3 is 19.9 Å². The van der Waals surface area contributed by atoms with Gasteiger partial charge in [0.1, 0.15) is 17.6 Å². The van der Waals surface area contributed by atoms with Crippen LogP contribution in [0.3, 0.4) is 0 Å². The average molecular weight is 275 g/mol. The molecule has 0 fully saturated rings. The Balaban J connectivity index is 1.86. The second-order valence-electron chi connectivity index (χ2n) is 5.13. The summed E-state index contributed by atoms with van der Waals surface area (Å²) in [5.41, 5.74) is 1.73. The molecule has 0 bridgehead atoms. The highest BCUT2D eigenvalue weighted by molar-refractivity contribution is 5.39. The number of aryl methyl sites for hydroxylation is 1. The zero-order valence-electron chi connectivity index (χ0n) is 11.8. The highest BCUT2D eigenvalue weighted by Gasteiger charge is 2.15. The van der Waals surface area contributed by atoms with Crippen LogP contribution in [0.4, 0.5) is 0 Å². The van der Waals surface area contributed by atoms with E-state index in [1.54, 1.807) is 18.4 Å². The van der Waals surface area contributed by atoms with E-state index < -0.39 is 6.10 Å². The molecule has 1 aromatic carbocycles. The molecule has 2 rings (SSSR count). The minimum Gasteiger partial charge on any atom is -0.507 e. The summed E-state index contributed by atoms with van der Waals surface area (Å²) < 4.78 is 5.18. The molecule has 0 saturated carbocycles. The zero-order valence-corrected chi connectivity index (χ0v) is 11.8. The first-order chi connectivity index (χ1) is 9.58. The van der Waals surface area contributed by atoms with Gasteiger partial charge in [0.2, 0.25) is 0 Å². The Morgan fingerprint density at radius 3 is 2.75 bits per heavy atom. The third-order valence-corrected chi connectivity index (χ3v) is 3.41. The molecule has 0 amide bonds. The first-order valence-corrected chi connectivity index (χ1v) is 6.80. The first kappa shape index (κ1) is 14.6. The molecule has 0 aliphatic rings. The maximum absolute atomic E-state index is 9.99. The maximum atomic E-state index is 9.99. The minimum atomic E-state index is -0.612. The van der Waals surface area contributed by atoms with E-state index in [0.717, 1.165) is 11.1 Å². The number of hydrogen-bond acceptors (Lipinski definition) is 4. The van der Waals surface area contributed by atoms with Gasteiger partial charge in [-0.15, -0.1) is 0 Å². The Labute approximate surface area is 119 Å². The molecule has 0 spiro atoms. The molecule has 4 heteroatoms. The summed E-state index contributed by atoms with van der Waals surface area (Å²) in [6, 6.07) is 9.34. The van der Waals surface area contributed by atoms with Crippen LogP contribution in [0.2, 0.25) is 0 Å². The molecule has 1 heterocycles. The van der Waals surface area contributed by atoms with E-state index in [4.69, 9.17) is 4.42 Å². The van der Waals surface area contributed by atoms with Gasteiger partial charge in [-0.05, 0) is 38.0 Å². The lowest BCUT2D eigenvalue weighted by atomic mass is 10.1. The standard InChI is InChI=1S/C16H21NO3/c1-11-5-3-6-13(16(11)19)10-17-12(2)9-14(18)15-7-4-8-20-15/h3-8,12,14,17-19H,9-10H2,1-2H3. The topological polar surface area (TPSA) is 65.6 Å². The summed E-state index contributed by atoms with van der Waals surface area (Å²) >= 11 is 0. The highest BCUT2D eigenvalue weighted by Crippen LogP contribution is 2.22. The maximum Gasteiger partial charge on any atom is 0.132 e. The largest absolute Gasteiger partial charge is 0.507 e. The van der Waals surface area contributed by atoms with E-state index in [2.05, 4.69) is 5.32 Å². The van der Waals surface area contributed by atoms with E-state index in [1.165, 1.54) is 0 Å². The number of nitrogens with one attached hydrogen (secondary N) is 1. The lowest BCUT2D eigenvalue weighted by Crippen LogP contribution is -2.27. The van der Waals surface area contributed by atoms with Crippen molar-refractivity contribution in [2.45, 2.75) is 39.0 Å². The van der Waals surface area contributed by atoms with Crippen molar-refractivity contribution in [1.82, 2.24) is 5.32 Å². The molecule has 20 heavy (non-hydrogen) atoms. The van der Waals surface area contributed by atoms with Gasteiger partial charge in [0.25, 0.3) is 0 Å². The van der Waals surface area contributed by atoms with Crippen molar-refractivity contribution < 1.29 is 14.6 Å². The summed E-state index contributed by atoms with van der Waals surface area (Å²) in [5, 5.41) is 23.2. The smallest absolute Gasteiger partial charge is 0.132 e. The van der Waals surface area contributed by atoms with Crippen LogP contribution in [-0.2, 0) is 6.54 Å². The van der Waals surface area contributed by atoms with Crippen LogP contribution in [0.25, 0.3) is 0 Å². The van der Waals surface area contributed by atoms with Crippen molar-refractivity contribution in [3.8, 4) is 5.75 Å². The summed E-state index contributed by atoms with van der Waals surface area (Å²) in [5.74, 6) is 0.913. The molecule has 0 saturated heterocycles. The van der Waals surface area contributed by atoms with Crippen LogP contribution >= 0.6 is 0 Å². The molecule has 1 aromatic heterocycles. The first-order valence-electron chi connectivity index (χ1n) is 6.80. The van der Waals surface area contributed by atoms with E-state index in [-0.39, 0.29) is 6.04 Å². The van der Waals surface area contributed by atoms with Gasteiger partial charge in [0.05, 0.1) is 6.26 Å². The molecule has 4 nitrogen and oxygen atoms in total. The third-order valence-electron chi connectivity index (χ3n) is 3.41. The van der Waals surface area contributed by atoms with Gasteiger partial charge in [-0.1, -0.05) is 18.2 Å². The summed E-state index contributed by atoms with van der Waals surface area (Å²) in [7, 11) is 0. The quantitative estimate of drug-likeness (QED) is 0.758. The zero-order chi connectivity index (χ0) is 14.5. The van der Waals surface area contributed by atoms with Gasteiger partial charge in [-0.2, -0.15) is 0 Å². The van der Waals surface area contributed by atoms with Crippen LogP contribution in [0.15, 0.2) is 41.0 Å². The average Bonchev–Trinajstić information content (AvgIpc) is 2.94. The summed E-state index contributed by atoms with van der Waals surface area (Å²) in [6.45, 7) is 4.45. The Hall–Kier alpha value is -1.78. The molecule has 0 radical (unpaired) electrons. The van der Waals surface area contributed by atoms with E-state index >= 15 is 0 Å². The van der Waals surface area contributed by atoms with E-state index in [1.807, 2.05) is 32.0 Å². The number of benzene rings is 1. The fraction of sp³-hybridized carbons (Fsp3) is 0.375. The van der Waals surface area contributed by atoms with Crippen molar-refractivity contribution >= 4 is 0 Å². The fourth-order valence-electron chi connectivity index (χ4n) is 2.16. The number of phenolic OH excluding ortho intramolecular Hbond substituents is 1. The second-order valence-corrected chi connectivity index (χ2v) is 5.13. The van der Waals surface area contributed by atoms with E-state index in [0.29, 0.717) is 24.5 Å². The van der Waals surface area contributed by atoms with Crippen LogP contribution in [0.1, 0.15) is 36.3 Å². The number of phenols is 1. The molecular weight excluding hydrogens is 254 g/mol. The van der Waals surface area contributed by atoms with Crippen molar-refractivity contribution in [2.75, 3.05) is 0 Å². The van der Waals surface area contributed by atoms with Gasteiger partial charge in [0.15, 0.2) is 0 Å². The van der Waals surface area contributed by atoms with E-state index in [9.17, 15) is 10.2 Å². The molecule has 108 valence electrons. The highest BCUT2D eigenvalue weighted by atomic mass is 16.4. The van der Waals surface area contributed by atoms with Crippen molar-refractivity contribution in [1.29, 1.82) is 0 Å². The number of hydrogen-bond donors (Lipinski definition) is 3. The number of rotatable bonds is 6. The predicted molar refractivity (Wildman–Crippen MR) is 77.4 cm³/mol. The second kappa shape index (κ2) is 6.59. The Morgan fingerprint density at radius 2 is 2.05 bits per heavy atom. The number of furan rings is 1. The predicted octanol–water partition coefficient (Wildman–Crippen LogP) is 2.90. The molecule has 2 atom stereocenters. The molecule has 0 aliphatic heterocycles. The molecule has 2 unspecified atom stereocenters. The SMILES string of the molecule is Cc1cccc(CNC(C)CC(O)c2ccco2)c1O. The Morgan fingerprint density at radius 1 is 1.25 bits per heavy atom. The molecular formula is C16H21NO3. The van der Waals surface area contributed by atoms with Crippen LogP contribution in [0.5, 0.6) is 5.75 Å². The lowest BCUT2D eigenvalue weighted by Gasteiger charge is -2.17. The Bertz CT molecular complexity index is 537. The van der Waals surface area contributed by atoms with Crippen LogP contribution in [-0.4, -0.2) is 16.3 Å². The Kier molecular flexibility index (Phi) is 4.82. The fourth-order valence-corrected chi connectivity index (χ4v) is 2.16. The summed E-state index contributed by atoms with van der Waals surface area (Å²) in [4.78, 5) is 0. The van der Waals surface area contributed by atoms with Crippen molar-refractivity contribution in [3.63, 3.8) is 0 Å². The van der Waals surface area contributed by atoms with Gasteiger partial charge >= 0.3 is 0 Å². The van der Waals surface area contributed by atoms with Gasteiger partial charge in [0, 0.05) is 18.2 Å². The molecule has 3 N–H and O–H groups in total. The van der Waals surface area contributed by atoms with Crippen LogP contribution < -0.4 is 5.32 Å². The van der Waals surface area contributed by atoms with Crippen molar-refractivity contribution in [3.05, 3.63) is 53.5 Å². The summed E-state index contributed by atoms with van der Waals surface area (Å²) in [6.07, 6.45) is 1.50. The number of aromatic hydroxyl groups is 1. The number of aliphatic hydroxyl groups is 1. The molecule has 0 aliphatic carbocycles. The minimum absolute atomic E-state index is 0.106. The number of para-hydroxylation sites is 1. The lowest BCUT2D eigenvalue weighted by molar-refractivity contribution is 0.128. The number of aliphatic hydroxyl groups excluding tert-OH is 1. The monoisotopic (exact) mass is 275 g/mol. The third kappa shape index (κ3) is 3.62. The van der Waals surface area contributed by atoms with Crippen molar-refractivity contribution in [2.24, 2.45) is 0 Å². The van der Waals surface area contributed by atoms with Gasteiger partial charge in [-0.3, -0.25) is 0 Å². The van der Waals surface area contributed by atoms with Crippen LogP contribution in [0, 0.1) is 6.92 Å².